The van der Waals surface area contributed by atoms with Crippen molar-refractivity contribution in [2.24, 2.45) is 14.1 Å². The van der Waals surface area contributed by atoms with Gasteiger partial charge in [0.05, 0.1) is 12.1 Å². The molecule has 158 valence electrons. The number of hydrogen-bond donors (Lipinski definition) is 1. The first-order valence-electron chi connectivity index (χ1n) is 10.7. The minimum absolute atomic E-state index is 0.0260. The molecule has 0 atom stereocenters. The monoisotopic (exact) mass is 408 g/mol. The Morgan fingerprint density at radius 3 is 2.53 bits per heavy atom. The van der Waals surface area contributed by atoms with Crippen molar-refractivity contribution >= 4 is 17.1 Å². The van der Waals surface area contributed by atoms with E-state index < -0.39 is 0 Å². The van der Waals surface area contributed by atoms with Crippen molar-refractivity contribution in [3.63, 3.8) is 0 Å². The molecule has 8 heteroatoms. The first kappa shape index (κ1) is 19.1. The molecule has 3 heterocycles. The molecular formula is C22H28N6O2. The quantitative estimate of drug-likeness (QED) is 0.705. The Labute approximate surface area is 174 Å². The van der Waals surface area contributed by atoms with E-state index in [1.54, 1.807) is 7.05 Å². The summed E-state index contributed by atoms with van der Waals surface area (Å²) in [7, 11) is 3.23. The molecule has 1 N–H and O–H groups in total. The molecular weight excluding hydrogens is 380 g/mol. The number of benzene rings is 1. The number of piperazine rings is 1. The van der Waals surface area contributed by atoms with Crippen molar-refractivity contribution in [1.82, 2.24) is 24.0 Å². The van der Waals surface area contributed by atoms with Crippen molar-refractivity contribution in [1.29, 1.82) is 0 Å². The molecule has 30 heavy (non-hydrogen) atoms. The number of fused-ring (bicyclic) bond motifs is 1. The number of rotatable bonds is 3. The number of nitrogens with zero attached hydrogens (tertiary/aromatic N) is 5. The molecule has 0 radical (unpaired) electrons. The molecule has 1 aromatic carbocycles. The van der Waals surface area contributed by atoms with Gasteiger partial charge < -0.3 is 10.2 Å². The van der Waals surface area contributed by atoms with Crippen LogP contribution in [0.4, 0.5) is 5.95 Å². The van der Waals surface area contributed by atoms with Gasteiger partial charge in [-0.1, -0.05) is 43.2 Å². The number of anilines is 1. The summed E-state index contributed by atoms with van der Waals surface area (Å²) in [6.45, 7) is 3.19. The van der Waals surface area contributed by atoms with Crippen LogP contribution in [-0.4, -0.2) is 43.9 Å². The molecule has 2 fully saturated rings. The zero-order valence-corrected chi connectivity index (χ0v) is 17.6. The predicted octanol–water partition coefficient (Wildman–Crippen LogP) is 1.20. The van der Waals surface area contributed by atoms with Crippen LogP contribution in [0.2, 0.25) is 0 Å². The second-order valence-electron chi connectivity index (χ2n) is 8.62. The van der Waals surface area contributed by atoms with Gasteiger partial charge in [-0.2, -0.15) is 4.98 Å². The van der Waals surface area contributed by atoms with Crippen LogP contribution in [0.3, 0.4) is 0 Å². The van der Waals surface area contributed by atoms with E-state index in [9.17, 15) is 9.59 Å². The fourth-order valence-corrected chi connectivity index (χ4v) is 5.19. The lowest BCUT2D eigenvalue weighted by atomic mass is 9.93. The van der Waals surface area contributed by atoms with Gasteiger partial charge in [0, 0.05) is 33.7 Å². The summed E-state index contributed by atoms with van der Waals surface area (Å²) < 4.78 is 4.70. The number of hydrogen-bond acceptors (Lipinski definition) is 5. The SMILES string of the molecule is Cn1c(=O)c2c(nc(N3CCNCC34CCCC4)n2Cc2ccccc2)n(C)c1=O. The molecule has 3 aromatic rings. The Kier molecular flexibility index (Phi) is 4.54. The molecule has 2 aliphatic rings. The zero-order valence-electron chi connectivity index (χ0n) is 17.6. The van der Waals surface area contributed by atoms with Crippen LogP contribution in [0.15, 0.2) is 39.9 Å². The maximum atomic E-state index is 13.2. The molecule has 2 aromatic heterocycles. The third kappa shape index (κ3) is 2.81. The van der Waals surface area contributed by atoms with Crippen LogP contribution in [0.25, 0.3) is 11.2 Å². The highest BCUT2D eigenvalue weighted by Gasteiger charge is 2.43. The first-order chi connectivity index (χ1) is 14.5. The van der Waals surface area contributed by atoms with Crippen LogP contribution in [0.5, 0.6) is 0 Å². The lowest BCUT2D eigenvalue weighted by Gasteiger charge is -2.46. The first-order valence-corrected chi connectivity index (χ1v) is 10.7. The van der Waals surface area contributed by atoms with Gasteiger partial charge in [-0.05, 0) is 18.4 Å². The van der Waals surface area contributed by atoms with Crippen LogP contribution in [0, 0.1) is 0 Å². The highest BCUT2D eigenvalue weighted by atomic mass is 16.2. The van der Waals surface area contributed by atoms with E-state index in [4.69, 9.17) is 4.98 Å². The minimum atomic E-state index is -0.348. The van der Waals surface area contributed by atoms with Crippen LogP contribution >= 0.6 is 0 Å². The topological polar surface area (TPSA) is 77.1 Å². The number of imidazole rings is 1. The Morgan fingerprint density at radius 1 is 1.07 bits per heavy atom. The Hall–Kier alpha value is -2.87. The predicted molar refractivity (Wildman–Crippen MR) is 117 cm³/mol. The van der Waals surface area contributed by atoms with Crippen molar-refractivity contribution in [3.8, 4) is 0 Å². The summed E-state index contributed by atoms with van der Waals surface area (Å²) in [5.74, 6) is 0.801. The second-order valence-corrected chi connectivity index (χ2v) is 8.62. The molecule has 8 nitrogen and oxygen atoms in total. The third-order valence-corrected chi connectivity index (χ3v) is 6.83. The van der Waals surface area contributed by atoms with E-state index in [0.29, 0.717) is 17.7 Å². The van der Waals surface area contributed by atoms with Crippen molar-refractivity contribution in [2.45, 2.75) is 37.8 Å². The minimum Gasteiger partial charge on any atom is -0.334 e. The van der Waals surface area contributed by atoms with Gasteiger partial charge in [0.25, 0.3) is 5.56 Å². The highest BCUT2D eigenvalue weighted by Crippen LogP contribution is 2.39. The number of aryl methyl sites for hydroxylation is 1. The number of aromatic nitrogens is 4. The summed E-state index contributed by atoms with van der Waals surface area (Å²) in [6.07, 6.45) is 4.64. The van der Waals surface area contributed by atoms with E-state index in [2.05, 4.69) is 22.3 Å². The van der Waals surface area contributed by atoms with E-state index in [1.807, 2.05) is 22.8 Å². The van der Waals surface area contributed by atoms with Gasteiger partial charge in [0.15, 0.2) is 11.2 Å². The lowest BCUT2D eigenvalue weighted by molar-refractivity contribution is 0.325. The standard InChI is InChI=1S/C22H28N6O2/c1-25-18-17(19(29)26(2)21(25)30)27(14-16-8-4-3-5-9-16)20(24-18)28-13-12-23-15-22(28)10-6-7-11-22/h3-5,8-9,23H,6-7,10-15H2,1-2H3. The molecule has 0 bridgehead atoms. The van der Waals surface area contributed by atoms with Crippen molar-refractivity contribution < 1.29 is 0 Å². The molecule has 0 amide bonds. The van der Waals surface area contributed by atoms with Crippen LogP contribution in [-0.2, 0) is 20.6 Å². The van der Waals surface area contributed by atoms with Gasteiger partial charge in [0.2, 0.25) is 5.95 Å². The summed E-state index contributed by atoms with van der Waals surface area (Å²) in [5.41, 5.74) is 1.44. The summed E-state index contributed by atoms with van der Waals surface area (Å²) in [5, 5.41) is 3.56. The molecule has 1 aliphatic carbocycles. The average Bonchev–Trinajstić information content (AvgIpc) is 3.38. The Bertz CT molecular complexity index is 1200. The molecule has 0 unspecified atom stereocenters. The maximum absolute atomic E-state index is 13.2. The zero-order chi connectivity index (χ0) is 20.9. The summed E-state index contributed by atoms with van der Waals surface area (Å²) in [6, 6.07) is 10.1. The van der Waals surface area contributed by atoms with E-state index >= 15 is 0 Å². The lowest BCUT2D eigenvalue weighted by Crippen LogP contribution is -2.61. The summed E-state index contributed by atoms with van der Waals surface area (Å²) in [4.78, 5) is 33.1. The van der Waals surface area contributed by atoms with E-state index in [0.717, 1.165) is 44.0 Å². The third-order valence-electron chi connectivity index (χ3n) is 6.83. The smallest absolute Gasteiger partial charge is 0.332 e. The summed E-state index contributed by atoms with van der Waals surface area (Å²) >= 11 is 0. The molecule has 1 spiro atoms. The van der Waals surface area contributed by atoms with Crippen LogP contribution < -0.4 is 21.5 Å². The molecule has 1 saturated carbocycles. The molecule has 1 aliphatic heterocycles. The Morgan fingerprint density at radius 2 is 1.80 bits per heavy atom. The number of nitrogens with one attached hydrogen (secondary N) is 1. The fourth-order valence-electron chi connectivity index (χ4n) is 5.19. The average molecular weight is 409 g/mol. The second kappa shape index (κ2) is 7.12. The van der Waals surface area contributed by atoms with E-state index in [-0.39, 0.29) is 16.8 Å². The molecule has 5 rings (SSSR count). The largest absolute Gasteiger partial charge is 0.334 e. The van der Waals surface area contributed by atoms with Crippen molar-refractivity contribution in [3.05, 3.63) is 56.7 Å². The van der Waals surface area contributed by atoms with E-state index in [1.165, 1.54) is 29.0 Å². The van der Waals surface area contributed by atoms with Gasteiger partial charge in [-0.3, -0.25) is 18.5 Å². The fraction of sp³-hybridized carbons (Fsp3) is 0.500. The van der Waals surface area contributed by atoms with Gasteiger partial charge in [-0.25, -0.2) is 4.79 Å². The van der Waals surface area contributed by atoms with Gasteiger partial charge in [0.1, 0.15) is 0 Å². The van der Waals surface area contributed by atoms with Crippen LogP contribution in [0.1, 0.15) is 31.2 Å². The van der Waals surface area contributed by atoms with Gasteiger partial charge in [-0.15, -0.1) is 0 Å². The molecule has 1 saturated heterocycles. The van der Waals surface area contributed by atoms with Gasteiger partial charge >= 0.3 is 5.69 Å². The maximum Gasteiger partial charge on any atom is 0.332 e. The normalized spacial score (nSPS) is 18.5. The Balaban J connectivity index is 1.77. The van der Waals surface area contributed by atoms with Crippen molar-refractivity contribution in [2.75, 3.05) is 24.5 Å². The highest BCUT2D eigenvalue weighted by molar-refractivity contribution is 5.75.